The zero-order chi connectivity index (χ0) is 11.3. The lowest BCUT2D eigenvalue weighted by Crippen LogP contribution is -2.54. The second-order valence-electron chi connectivity index (χ2n) is 4.34. The van der Waals surface area contributed by atoms with Crippen LogP contribution < -0.4 is 5.73 Å². The molecule has 1 unspecified atom stereocenters. The number of aliphatic hydroxyl groups is 1. The number of likely N-dealkylation sites (tertiary alicyclic amines) is 1. The molecule has 0 bridgehead atoms. The van der Waals surface area contributed by atoms with Crippen LogP contribution in [-0.2, 0) is 4.74 Å². The van der Waals surface area contributed by atoms with E-state index in [1.807, 2.05) is 0 Å². The van der Waals surface area contributed by atoms with Gasteiger partial charge >= 0.3 is 0 Å². The summed E-state index contributed by atoms with van der Waals surface area (Å²) >= 11 is 0. The Hall–Kier alpha value is -0.160. The summed E-state index contributed by atoms with van der Waals surface area (Å²) in [6, 6.07) is 0.717. The molecule has 3 atom stereocenters. The molecule has 0 aromatic rings. The maximum absolute atomic E-state index is 8.72. The van der Waals surface area contributed by atoms with E-state index in [2.05, 4.69) is 18.7 Å². The van der Waals surface area contributed by atoms with Gasteiger partial charge in [-0.3, -0.25) is 4.90 Å². The van der Waals surface area contributed by atoms with Gasteiger partial charge in [0.05, 0.1) is 19.3 Å². The highest BCUT2D eigenvalue weighted by Gasteiger charge is 2.28. The van der Waals surface area contributed by atoms with Gasteiger partial charge in [0.15, 0.2) is 0 Å². The van der Waals surface area contributed by atoms with Gasteiger partial charge in [0, 0.05) is 25.2 Å². The Labute approximate surface area is 92.4 Å². The lowest BCUT2D eigenvalue weighted by Gasteiger charge is -2.39. The number of rotatable bonds is 5. The number of ether oxygens (including phenoxy) is 1. The Balaban J connectivity index is 2.40. The summed E-state index contributed by atoms with van der Waals surface area (Å²) in [6.07, 6.45) is 2.22. The number of nitrogens with two attached hydrogens (primary N) is 1. The van der Waals surface area contributed by atoms with E-state index < -0.39 is 0 Å². The Morgan fingerprint density at radius 3 is 2.93 bits per heavy atom. The molecule has 1 heterocycles. The van der Waals surface area contributed by atoms with Gasteiger partial charge in [-0.25, -0.2) is 0 Å². The first-order chi connectivity index (χ1) is 7.19. The third kappa shape index (κ3) is 3.72. The molecule has 15 heavy (non-hydrogen) atoms. The zero-order valence-corrected chi connectivity index (χ0v) is 9.85. The minimum absolute atomic E-state index is 0.0759. The molecule has 0 aromatic heterocycles. The van der Waals surface area contributed by atoms with Crippen molar-refractivity contribution in [3.05, 3.63) is 0 Å². The van der Waals surface area contributed by atoms with E-state index in [1.165, 1.54) is 0 Å². The predicted octanol–water partition coefficient (Wildman–Crippen LogP) is 0.195. The summed E-state index contributed by atoms with van der Waals surface area (Å²) in [5.74, 6) is 0. The number of hydrogen-bond donors (Lipinski definition) is 2. The second-order valence-corrected chi connectivity index (χ2v) is 4.34. The van der Waals surface area contributed by atoms with Gasteiger partial charge in [-0.2, -0.15) is 0 Å². The van der Waals surface area contributed by atoms with Gasteiger partial charge in [0.25, 0.3) is 0 Å². The van der Waals surface area contributed by atoms with E-state index >= 15 is 0 Å². The van der Waals surface area contributed by atoms with E-state index in [4.69, 9.17) is 15.6 Å². The largest absolute Gasteiger partial charge is 0.394 e. The number of hydrogen-bond acceptors (Lipinski definition) is 4. The molecule has 0 aliphatic carbocycles. The summed E-state index contributed by atoms with van der Waals surface area (Å²) in [5, 5.41) is 8.72. The van der Waals surface area contributed by atoms with E-state index in [-0.39, 0.29) is 18.8 Å². The molecule has 1 saturated heterocycles. The van der Waals surface area contributed by atoms with Gasteiger partial charge in [-0.1, -0.05) is 6.92 Å². The molecule has 0 amide bonds. The fraction of sp³-hybridized carbons (Fsp3) is 1.00. The number of aliphatic hydroxyl groups excluding tert-OH is 1. The highest BCUT2D eigenvalue weighted by Crippen LogP contribution is 2.16. The lowest BCUT2D eigenvalue weighted by atomic mass is 10.0. The van der Waals surface area contributed by atoms with Crippen molar-refractivity contribution in [2.75, 3.05) is 26.3 Å². The fourth-order valence-electron chi connectivity index (χ4n) is 2.00. The first kappa shape index (κ1) is 12.9. The second kappa shape index (κ2) is 6.43. The monoisotopic (exact) mass is 216 g/mol. The zero-order valence-electron chi connectivity index (χ0n) is 9.85. The van der Waals surface area contributed by atoms with Crippen LogP contribution in [0.2, 0.25) is 0 Å². The maximum Gasteiger partial charge on any atom is 0.0854 e. The first-order valence-electron chi connectivity index (χ1n) is 5.91. The molecule has 4 nitrogen and oxygen atoms in total. The molecule has 1 rings (SSSR count). The minimum atomic E-state index is 0.0759. The van der Waals surface area contributed by atoms with Crippen LogP contribution in [0.1, 0.15) is 26.7 Å². The van der Waals surface area contributed by atoms with Crippen LogP contribution in [0.4, 0.5) is 0 Å². The Kier molecular flexibility index (Phi) is 5.53. The van der Waals surface area contributed by atoms with Crippen molar-refractivity contribution in [2.45, 2.75) is 44.9 Å². The topological polar surface area (TPSA) is 58.7 Å². The van der Waals surface area contributed by atoms with Gasteiger partial charge in [-0.15, -0.1) is 0 Å². The van der Waals surface area contributed by atoms with Crippen molar-refractivity contribution in [3.8, 4) is 0 Å². The first-order valence-corrected chi connectivity index (χ1v) is 5.91. The molecule has 1 fully saturated rings. The Morgan fingerprint density at radius 1 is 1.60 bits per heavy atom. The van der Waals surface area contributed by atoms with Crippen molar-refractivity contribution in [2.24, 2.45) is 5.73 Å². The number of piperidine rings is 1. The average Bonchev–Trinajstić information content (AvgIpc) is 2.27. The molecule has 3 N–H and O–H groups in total. The van der Waals surface area contributed by atoms with Crippen LogP contribution in [0.25, 0.3) is 0 Å². The standard InChI is InChI=1S/C11H24N2O2/c1-3-9(2)13-5-4-10(12)11(8-13)15-7-6-14/h9-11,14H,3-8,12H2,1-2H3/t9?,10-,11-/m1/s1. The van der Waals surface area contributed by atoms with Crippen LogP contribution in [0, 0.1) is 0 Å². The summed E-state index contributed by atoms with van der Waals surface area (Å²) in [4.78, 5) is 2.42. The van der Waals surface area contributed by atoms with Crippen molar-refractivity contribution < 1.29 is 9.84 Å². The molecule has 0 radical (unpaired) electrons. The quantitative estimate of drug-likeness (QED) is 0.689. The maximum atomic E-state index is 8.72. The SMILES string of the molecule is CCC(C)N1CC[C@@H](N)[C@H](OCCO)C1. The molecular formula is C11H24N2O2. The molecule has 0 aromatic carbocycles. The van der Waals surface area contributed by atoms with E-state index in [1.54, 1.807) is 0 Å². The Bertz CT molecular complexity index is 178. The predicted molar refractivity (Wildman–Crippen MR) is 60.7 cm³/mol. The van der Waals surface area contributed by atoms with E-state index in [0.29, 0.717) is 12.6 Å². The molecule has 4 heteroatoms. The van der Waals surface area contributed by atoms with Crippen LogP contribution >= 0.6 is 0 Å². The van der Waals surface area contributed by atoms with Crippen molar-refractivity contribution in [1.82, 2.24) is 4.90 Å². The fourth-order valence-corrected chi connectivity index (χ4v) is 2.00. The summed E-state index contributed by atoms with van der Waals surface area (Å²) < 4.78 is 5.55. The van der Waals surface area contributed by atoms with Crippen LogP contribution in [-0.4, -0.2) is 54.5 Å². The molecular weight excluding hydrogens is 192 g/mol. The molecule has 90 valence electrons. The van der Waals surface area contributed by atoms with Crippen LogP contribution in [0.15, 0.2) is 0 Å². The average molecular weight is 216 g/mol. The lowest BCUT2D eigenvalue weighted by molar-refractivity contribution is -0.0340. The normalized spacial score (nSPS) is 30.4. The highest BCUT2D eigenvalue weighted by atomic mass is 16.5. The third-order valence-corrected chi connectivity index (χ3v) is 3.28. The van der Waals surface area contributed by atoms with Crippen LogP contribution in [0.5, 0.6) is 0 Å². The van der Waals surface area contributed by atoms with Gasteiger partial charge in [0.1, 0.15) is 0 Å². The molecule has 1 aliphatic heterocycles. The summed E-state index contributed by atoms with van der Waals surface area (Å²) in [5.41, 5.74) is 5.99. The van der Waals surface area contributed by atoms with E-state index in [9.17, 15) is 0 Å². The molecule has 0 saturated carbocycles. The molecule has 1 aliphatic rings. The van der Waals surface area contributed by atoms with Gasteiger partial charge < -0.3 is 15.6 Å². The van der Waals surface area contributed by atoms with Gasteiger partial charge in [-0.05, 0) is 19.8 Å². The minimum Gasteiger partial charge on any atom is -0.394 e. The summed E-state index contributed by atoms with van der Waals surface area (Å²) in [6.45, 7) is 6.87. The third-order valence-electron chi connectivity index (χ3n) is 3.28. The summed E-state index contributed by atoms with van der Waals surface area (Å²) in [7, 11) is 0. The molecule has 0 spiro atoms. The van der Waals surface area contributed by atoms with Crippen molar-refractivity contribution >= 4 is 0 Å². The Morgan fingerprint density at radius 2 is 2.33 bits per heavy atom. The highest BCUT2D eigenvalue weighted by molar-refractivity contribution is 4.85. The van der Waals surface area contributed by atoms with Crippen molar-refractivity contribution in [1.29, 1.82) is 0 Å². The van der Waals surface area contributed by atoms with E-state index in [0.717, 1.165) is 25.9 Å². The van der Waals surface area contributed by atoms with Crippen LogP contribution in [0.3, 0.4) is 0 Å². The smallest absolute Gasteiger partial charge is 0.0854 e. The van der Waals surface area contributed by atoms with Crippen molar-refractivity contribution in [3.63, 3.8) is 0 Å². The number of nitrogens with zero attached hydrogens (tertiary/aromatic N) is 1. The van der Waals surface area contributed by atoms with Gasteiger partial charge in [0.2, 0.25) is 0 Å².